The van der Waals surface area contributed by atoms with Gasteiger partial charge in [-0.3, -0.25) is 10.4 Å². The molecule has 0 unspecified atom stereocenters. The molecular formula is C12H18N2. The van der Waals surface area contributed by atoms with Crippen molar-refractivity contribution >= 4 is 11.4 Å². The van der Waals surface area contributed by atoms with Crippen LogP contribution in [0.4, 0.5) is 0 Å². The smallest absolute Gasteiger partial charge is 0.0823 e. The van der Waals surface area contributed by atoms with Gasteiger partial charge in [0.25, 0.3) is 0 Å². The first-order valence-corrected chi connectivity index (χ1v) is 5.32. The minimum absolute atomic E-state index is 0.531. The van der Waals surface area contributed by atoms with Gasteiger partial charge in [0, 0.05) is 6.54 Å². The van der Waals surface area contributed by atoms with Gasteiger partial charge < -0.3 is 0 Å². The molecule has 0 saturated heterocycles. The second-order valence-electron chi connectivity index (χ2n) is 3.46. The Morgan fingerprint density at radius 3 is 2.64 bits per heavy atom. The predicted molar refractivity (Wildman–Crippen MR) is 62.5 cm³/mol. The Morgan fingerprint density at radius 2 is 1.93 bits per heavy atom. The van der Waals surface area contributed by atoms with Gasteiger partial charge in [-0.1, -0.05) is 38.3 Å². The van der Waals surface area contributed by atoms with Crippen molar-refractivity contribution in [3.05, 3.63) is 24.3 Å². The van der Waals surface area contributed by atoms with Gasteiger partial charge in [0.05, 0.1) is 11.4 Å². The maximum atomic E-state index is 7.59. The standard InChI is InChI=1S/C12H18N2/c1-2-3-4-7-10-14-12-9-6-5-8-11(12)13/h5-6,8-9,13H,2-4,7,10H2,1H3/b13-11?,14-12-. The number of hydrogen-bond acceptors (Lipinski definition) is 2. The number of nitrogens with one attached hydrogen (secondary N) is 1. The quantitative estimate of drug-likeness (QED) is 0.510. The van der Waals surface area contributed by atoms with E-state index in [1.54, 1.807) is 6.08 Å². The van der Waals surface area contributed by atoms with Crippen molar-refractivity contribution in [3.8, 4) is 0 Å². The number of nitrogens with zero attached hydrogens (tertiary/aromatic N) is 1. The first-order chi connectivity index (χ1) is 6.84. The molecular weight excluding hydrogens is 172 g/mol. The summed E-state index contributed by atoms with van der Waals surface area (Å²) < 4.78 is 0. The Hall–Kier alpha value is -1.18. The molecule has 0 heterocycles. The first-order valence-electron chi connectivity index (χ1n) is 5.32. The van der Waals surface area contributed by atoms with Crippen LogP contribution in [0.1, 0.15) is 32.6 Å². The summed E-state index contributed by atoms with van der Waals surface area (Å²) in [6.45, 7) is 3.06. The molecule has 1 N–H and O–H groups in total. The molecule has 0 aromatic heterocycles. The van der Waals surface area contributed by atoms with Crippen LogP contribution in [0.25, 0.3) is 0 Å². The molecule has 1 rings (SSSR count). The van der Waals surface area contributed by atoms with Gasteiger partial charge in [-0.25, -0.2) is 0 Å². The zero-order valence-electron chi connectivity index (χ0n) is 8.79. The Bertz CT molecular complexity index is 272. The zero-order valence-corrected chi connectivity index (χ0v) is 8.79. The van der Waals surface area contributed by atoms with Crippen LogP contribution in [0.2, 0.25) is 0 Å². The van der Waals surface area contributed by atoms with E-state index < -0.39 is 0 Å². The van der Waals surface area contributed by atoms with E-state index in [2.05, 4.69) is 11.9 Å². The molecule has 1 aliphatic carbocycles. The van der Waals surface area contributed by atoms with E-state index in [1.165, 1.54) is 19.3 Å². The summed E-state index contributed by atoms with van der Waals surface area (Å²) in [5, 5.41) is 7.59. The van der Waals surface area contributed by atoms with Crippen LogP contribution in [-0.4, -0.2) is 18.0 Å². The van der Waals surface area contributed by atoms with Crippen molar-refractivity contribution in [1.82, 2.24) is 0 Å². The van der Waals surface area contributed by atoms with Crippen molar-refractivity contribution in [2.24, 2.45) is 4.99 Å². The lowest BCUT2D eigenvalue weighted by Crippen LogP contribution is -2.10. The maximum Gasteiger partial charge on any atom is 0.0823 e. The largest absolute Gasteiger partial charge is 0.299 e. The summed E-state index contributed by atoms with van der Waals surface area (Å²) in [5.74, 6) is 0. The number of aliphatic imine (C=N–C) groups is 1. The molecule has 0 aromatic rings. The van der Waals surface area contributed by atoms with Crippen LogP contribution >= 0.6 is 0 Å². The third kappa shape index (κ3) is 3.69. The average molecular weight is 190 g/mol. The fourth-order valence-electron chi connectivity index (χ4n) is 1.35. The van der Waals surface area contributed by atoms with Gasteiger partial charge >= 0.3 is 0 Å². The normalized spacial score (nSPS) is 18.1. The summed E-state index contributed by atoms with van der Waals surface area (Å²) in [5.41, 5.74) is 1.35. The summed E-state index contributed by atoms with van der Waals surface area (Å²) in [6.07, 6.45) is 12.4. The highest BCUT2D eigenvalue weighted by molar-refractivity contribution is 6.49. The van der Waals surface area contributed by atoms with E-state index >= 15 is 0 Å². The van der Waals surface area contributed by atoms with Crippen molar-refractivity contribution < 1.29 is 0 Å². The Balaban J connectivity index is 2.27. The molecule has 14 heavy (non-hydrogen) atoms. The number of hydrogen-bond donors (Lipinski definition) is 1. The molecule has 0 aliphatic heterocycles. The second kappa shape index (κ2) is 6.30. The third-order valence-corrected chi connectivity index (χ3v) is 2.20. The summed E-state index contributed by atoms with van der Waals surface area (Å²) in [7, 11) is 0. The lowest BCUT2D eigenvalue weighted by atomic mass is 10.1. The van der Waals surface area contributed by atoms with E-state index in [-0.39, 0.29) is 0 Å². The molecule has 0 fully saturated rings. The van der Waals surface area contributed by atoms with E-state index in [0.29, 0.717) is 5.71 Å². The van der Waals surface area contributed by atoms with Crippen molar-refractivity contribution in [2.75, 3.05) is 6.54 Å². The van der Waals surface area contributed by atoms with E-state index in [1.807, 2.05) is 18.2 Å². The molecule has 0 bridgehead atoms. The molecule has 2 heteroatoms. The molecule has 2 nitrogen and oxygen atoms in total. The second-order valence-corrected chi connectivity index (χ2v) is 3.46. The van der Waals surface area contributed by atoms with Crippen LogP contribution in [0.5, 0.6) is 0 Å². The zero-order chi connectivity index (χ0) is 10.2. The molecule has 0 saturated carbocycles. The average Bonchev–Trinajstić information content (AvgIpc) is 2.20. The predicted octanol–water partition coefficient (Wildman–Crippen LogP) is 3.15. The van der Waals surface area contributed by atoms with Gasteiger partial charge in [0.1, 0.15) is 0 Å². The Morgan fingerprint density at radius 1 is 1.14 bits per heavy atom. The number of allylic oxidation sites excluding steroid dienone is 4. The van der Waals surface area contributed by atoms with Crippen LogP contribution in [0.3, 0.4) is 0 Å². The minimum Gasteiger partial charge on any atom is -0.299 e. The number of rotatable bonds is 5. The molecule has 0 aromatic carbocycles. The fraction of sp³-hybridized carbons (Fsp3) is 0.500. The first kappa shape index (κ1) is 10.9. The van der Waals surface area contributed by atoms with Crippen molar-refractivity contribution in [2.45, 2.75) is 32.6 Å². The van der Waals surface area contributed by atoms with Gasteiger partial charge in [-0.05, 0) is 18.6 Å². The van der Waals surface area contributed by atoms with E-state index in [0.717, 1.165) is 18.7 Å². The van der Waals surface area contributed by atoms with Gasteiger partial charge in [-0.15, -0.1) is 0 Å². The highest BCUT2D eigenvalue weighted by Crippen LogP contribution is 2.01. The third-order valence-electron chi connectivity index (χ3n) is 2.20. The molecule has 0 atom stereocenters. The highest BCUT2D eigenvalue weighted by Gasteiger charge is 2.01. The van der Waals surface area contributed by atoms with Crippen LogP contribution < -0.4 is 0 Å². The Kier molecular flexibility index (Phi) is 4.90. The SMILES string of the molecule is CCCCCC/N=C1/C=CC=CC1=N. The number of unbranched alkanes of at least 4 members (excludes halogenated alkanes) is 3. The van der Waals surface area contributed by atoms with Crippen LogP contribution in [-0.2, 0) is 0 Å². The van der Waals surface area contributed by atoms with Crippen LogP contribution in [0.15, 0.2) is 29.3 Å². The van der Waals surface area contributed by atoms with Gasteiger partial charge in [0.15, 0.2) is 0 Å². The van der Waals surface area contributed by atoms with Gasteiger partial charge in [-0.2, -0.15) is 0 Å². The Labute approximate surface area is 85.9 Å². The minimum atomic E-state index is 0.531. The van der Waals surface area contributed by atoms with Crippen LogP contribution in [0, 0.1) is 5.41 Å². The van der Waals surface area contributed by atoms with Crippen molar-refractivity contribution in [3.63, 3.8) is 0 Å². The molecule has 0 spiro atoms. The molecule has 1 aliphatic rings. The fourth-order valence-corrected chi connectivity index (χ4v) is 1.35. The summed E-state index contributed by atoms with van der Waals surface area (Å²) in [6, 6.07) is 0. The summed E-state index contributed by atoms with van der Waals surface area (Å²) >= 11 is 0. The van der Waals surface area contributed by atoms with Gasteiger partial charge in [0.2, 0.25) is 0 Å². The molecule has 76 valence electrons. The van der Waals surface area contributed by atoms with Crippen molar-refractivity contribution in [1.29, 1.82) is 5.41 Å². The maximum absolute atomic E-state index is 7.59. The lowest BCUT2D eigenvalue weighted by molar-refractivity contribution is 0.675. The van der Waals surface area contributed by atoms with E-state index in [9.17, 15) is 0 Å². The molecule has 0 amide bonds. The monoisotopic (exact) mass is 190 g/mol. The topological polar surface area (TPSA) is 36.2 Å². The molecule has 0 radical (unpaired) electrons. The lowest BCUT2D eigenvalue weighted by Gasteiger charge is -2.02. The van der Waals surface area contributed by atoms with E-state index in [4.69, 9.17) is 5.41 Å². The highest BCUT2D eigenvalue weighted by atomic mass is 14.7. The summed E-state index contributed by atoms with van der Waals surface area (Å²) in [4.78, 5) is 4.39.